The molecule has 4 heteroatoms. The van der Waals surface area contributed by atoms with Gasteiger partial charge in [0.1, 0.15) is 5.82 Å². The van der Waals surface area contributed by atoms with E-state index in [-0.39, 0.29) is 5.54 Å². The second-order valence-electron chi connectivity index (χ2n) is 3.57. The van der Waals surface area contributed by atoms with Crippen LogP contribution in [0.2, 0.25) is 0 Å². The molecule has 0 radical (unpaired) electrons. The molecule has 0 aromatic carbocycles. The first-order chi connectivity index (χ1) is 4.99. The van der Waals surface area contributed by atoms with E-state index in [1.165, 1.54) is 0 Å². The van der Waals surface area contributed by atoms with Crippen LogP contribution in [-0.2, 0) is 0 Å². The van der Waals surface area contributed by atoms with Crippen LogP contribution in [0, 0.1) is 0 Å². The minimum atomic E-state index is 0.0258. The van der Waals surface area contributed by atoms with Crippen LogP contribution in [-0.4, -0.2) is 15.7 Å². The van der Waals surface area contributed by atoms with Crippen molar-refractivity contribution in [2.45, 2.75) is 26.3 Å². The number of aromatic amines is 1. The third-order valence-electron chi connectivity index (χ3n) is 1.18. The van der Waals surface area contributed by atoms with Gasteiger partial charge in [-0.1, -0.05) is 0 Å². The maximum Gasteiger partial charge on any atom is 0.142 e. The molecule has 4 nitrogen and oxygen atoms in total. The lowest BCUT2D eigenvalue weighted by Gasteiger charge is -2.20. The SMILES string of the molecule is CC(C)(C)Nc1cn[nH]c1N. The number of anilines is 2. The summed E-state index contributed by atoms with van der Waals surface area (Å²) in [5.74, 6) is 0.583. The molecule has 0 unspecified atom stereocenters. The summed E-state index contributed by atoms with van der Waals surface area (Å²) in [7, 11) is 0. The van der Waals surface area contributed by atoms with Crippen LogP contribution in [0.15, 0.2) is 6.20 Å². The Morgan fingerprint density at radius 1 is 1.55 bits per heavy atom. The fourth-order valence-corrected chi connectivity index (χ4v) is 0.800. The first-order valence-corrected chi connectivity index (χ1v) is 3.56. The normalized spacial score (nSPS) is 11.5. The van der Waals surface area contributed by atoms with Crippen LogP contribution in [0.3, 0.4) is 0 Å². The fourth-order valence-electron chi connectivity index (χ4n) is 0.800. The van der Waals surface area contributed by atoms with Crippen LogP contribution in [0.4, 0.5) is 11.5 Å². The highest BCUT2D eigenvalue weighted by molar-refractivity contribution is 5.60. The lowest BCUT2D eigenvalue weighted by molar-refractivity contribution is 0.634. The van der Waals surface area contributed by atoms with E-state index in [0.29, 0.717) is 5.82 Å². The van der Waals surface area contributed by atoms with Gasteiger partial charge in [-0.05, 0) is 20.8 Å². The molecule has 1 heterocycles. The van der Waals surface area contributed by atoms with Crippen molar-refractivity contribution in [3.63, 3.8) is 0 Å². The van der Waals surface area contributed by atoms with Gasteiger partial charge in [-0.2, -0.15) is 5.10 Å². The second kappa shape index (κ2) is 2.45. The van der Waals surface area contributed by atoms with Crippen LogP contribution < -0.4 is 11.1 Å². The Kier molecular flexibility index (Phi) is 1.76. The zero-order chi connectivity index (χ0) is 8.48. The molecule has 0 saturated heterocycles. The Morgan fingerprint density at radius 2 is 2.18 bits per heavy atom. The molecular weight excluding hydrogens is 140 g/mol. The van der Waals surface area contributed by atoms with Gasteiger partial charge in [0.15, 0.2) is 0 Å². The molecule has 0 aliphatic rings. The van der Waals surface area contributed by atoms with Crippen LogP contribution in [0.25, 0.3) is 0 Å². The third kappa shape index (κ3) is 2.14. The lowest BCUT2D eigenvalue weighted by atomic mass is 10.1. The highest BCUT2D eigenvalue weighted by atomic mass is 15.2. The zero-order valence-corrected chi connectivity index (χ0v) is 7.10. The summed E-state index contributed by atoms with van der Waals surface area (Å²) < 4.78 is 0. The second-order valence-corrected chi connectivity index (χ2v) is 3.57. The number of rotatable bonds is 1. The van der Waals surface area contributed by atoms with Crippen molar-refractivity contribution in [3.05, 3.63) is 6.20 Å². The van der Waals surface area contributed by atoms with Crippen molar-refractivity contribution in [2.75, 3.05) is 11.1 Å². The van der Waals surface area contributed by atoms with Gasteiger partial charge in [0.05, 0.1) is 11.9 Å². The lowest BCUT2D eigenvalue weighted by Crippen LogP contribution is -2.26. The first-order valence-electron chi connectivity index (χ1n) is 3.56. The van der Waals surface area contributed by atoms with E-state index < -0.39 is 0 Å². The molecule has 1 aromatic rings. The monoisotopic (exact) mass is 154 g/mol. The van der Waals surface area contributed by atoms with Gasteiger partial charge < -0.3 is 11.1 Å². The number of aromatic nitrogens is 2. The average Bonchev–Trinajstić information content (AvgIpc) is 2.12. The summed E-state index contributed by atoms with van der Waals surface area (Å²) in [5.41, 5.74) is 6.45. The van der Waals surface area contributed by atoms with Crippen molar-refractivity contribution >= 4 is 11.5 Å². The predicted octanol–water partition coefficient (Wildman–Crippen LogP) is 1.20. The van der Waals surface area contributed by atoms with Gasteiger partial charge in [0.2, 0.25) is 0 Å². The number of nitrogens with one attached hydrogen (secondary N) is 2. The van der Waals surface area contributed by atoms with Crippen molar-refractivity contribution in [1.29, 1.82) is 0 Å². The number of nitrogens with zero attached hydrogens (tertiary/aromatic N) is 1. The topological polar surface area (TPSA) is 66.7 Å². The Morgan fingerprint density at radius 3 is 2.55 bits per heavy atom. The highest BCUT2D eigenvalue weighted by Crippen LogP contribution is 2.18. The highest BCUT2D eigenvalue weighted by Gasteiger charge is 2.11. The number of H-pyrrole nitrogens is 1. The Bertz CT molecular complexity index is 233. The summed E-state index contributed by atoms with van der Waals surface area (Å²) in [4.78, 5) is 0. The quantitative estimate of drug-likeness (QED) is 0.569. The summed E-state index contributed by atoms with van der Waals surface area (Å²) in [5, 5.41) is 9.66. The number of hydrogen-bond acceptors (Lipinski definition) is 3. The minimum absolute atomic E-state index is 0.0258. The third-order valence-corrected chi connectivity index (χ3v) is 1.18. The first kappa shape index (κ1) is 7.91. The van der Waals surface area contributed by atoms with E-state index >= 15 is 0 Å². The van der Waals surface area contributed by atoms with Crippen molar-refractivity contribution in [3.8, 4) is 0 Å². The maximum absolute atomic E-state index is 5.57. The number of hydrogen-bond donors (Lipinski definition) is 3. The van der Waals surface area contributed by atoms with Crippen molar-refractivity contribution < 1.29 is 0 Å². The van der Waals surface area contributed by atoms with Crippen LogP contribution >= 0.6 is 0 Å². The molecule has 4 N–H and O–H groups in total. The van der Waals surface area contributed by atoms with E-state index in [9.17, 15) is 0 Å². The van der Waals surface area contributed by atoms with Gasteiger partial charge in [-0.25, -0.2) is 0 Å². The van der Waals surface area contributed by atoms with Gasteiger partial charge in [-0.3, -0.25) is 5.10 Å². The van der Waals surface area contributed by atoms with Gasteiger partial charge >= 0.3 is 0 Å². The Labute approximate surface area is 66.2 Å². The zero-order valence-electron chi connectivity index (χ0n) is 7.10. The van der Waals surface area contributed by atoms with E-state index in [4.69, 9.17) is 5.73 Å². The molecule has 0 aliphatic carbocycles. The summed E-state index contributed by atoms with van der Waals surface area (Å²) in [6, 6.07) is 0. The molecular formula is C7H14N4. The molecule has 0 amide bonds. The fraction of sp³-hybridized carbons (Fsp3) is 0.571. The van der Waals surface area contributed by atoms with E-state index in [1.807, 2.05) is 0 Å². The number of nitrogen functional groups attached to an aromatic ring is 1. The minimum Gasteiger partial charge on any atom is -0.382 e. The molecule has 0 aliphatic heterocycles. The van der Waals surface area contributed by atoms with E-state index in [0.717, 1.165) is 5.69 Å². The Balaban J connectivity index is 2.72. The molecule has 0 saturated carbocycles. The maximum atomic E-state index is 5.57. The predicted molar refractivity (Wildman–Crippen MR) is 46.4 cm³/mol. The standard InChI is InChI=1S/C7H14N4/c1-7(2,3)10-5-4-9-11-6(5)8/h4,10H,1-3H3,(H3,8,9,11). The van der Waals surface area contributed by atoms with Gasteiger partial charge in [0, 0.05) is 5.54 Å². The summed E-state index contributed by atoms with van der Waals surface area (Å²) >= 11 is 0. The molecule has 0 bridgehead atoms. The summed E-state index contributed by atoms with van der Waals surface area (Å²) in [6.45, 7) is 6.21. The van der Waals surface area contributed by atoms with E-state index in [2.05, 4.69) is 36.3 Å². The van der Waals surface area contributed by atoms with Gasteiger partial charge in [-0.15, -0.1) is 0 Å². The smallest absolute Gasteiger partial charge is 0.142 e. The van der Waals surface area contributed by atoms with Gasteiger partial charge in [0.25, 0.3) is 0 Å². The largest absolute Gasteiger partial charge is 0.382 e. The van der Waals surface area contributed by atoms with Crippen molar-refractivity contribution in [2.24, 2.45) is 0 Å². The molecule has 62 valence electrons. The van der Waals surface area contributed by atoms with Crippen LogP contribution in [0.5, 0.6) is 0 Å². The molecule has 0 atom stereocenters. The summed E-state index contributed by atoms with van der Waals surface area (Å²) in [6.07, 6.45) is 1.68. The molecule has 11 heavy (non-hydrogen) atoms. The number of nitrogens with two attached hydrogens (primary N) is 1. The molecule has 0 spiro atoms. The molecule has 1 rings (SSSR count). The molecule has 0 fully saturated rings. The average molecular weight is 154 g/mol. The van der Waals surface area contributed by atoms with E-state index in [1.54, 1.807) is 6.20 Å². The van der Waals surface area contributed by atoms with Crippen molar-refractivity contribution in [1.82, 2.24) is 10.2 Å². The Hall–Kier alpha value is -1.19. The molecule has 1 aromatic heterocycles. The van der Waals surface area contributed by atoms with Crippen LogP contribution in [0.1, 0.15) is 20.8 Å².